The summed E-state index contributed by atoms with van der Waals surface area (Å²) >= 11 is 0. The maximum Gasteiger partial charge on any atom is 0.189 e. The summed E-state index contributed by atoms with van der Waals surface area (Å²) in [6, 6.07) is 10.6. The van der Waals surface area contributed by atoms with Crippen molar-refractivity contribution in [3.63, 3.8) is 0 Å². The molecule has 3 N–H and O–H groups in total. The van der Waals surface area contributed by atoms with Gasteiger partial charge in [0.1, 0.15) is 0 Å². The highest BCUT2D eigenvalue weighted by Crippen LogP contribution is 2.17. The first-order valence-corrected chi connectivity index (χ1v) is 6.55. The molecule has 0 radical (unpaired) electrons. The molecule has 4 heteroatoms. The van der Waals surface area contributed by atoms with Crippen LogP contribution < -0.4 is 11.1 Å². The summed E-state index contributed by atoms with van der Waals surface area (Å²) in [5, 5.41) is 3.27. The Morgan fingerprint density at radius 3 is 2.53 bits per heavy atom. The molecule has 1 aliphatic carbocycles. The lowest BCUT2D eigenvalue weighted by molar-refractivity contribution is 0.626. The number of aliphatic imine (C=N–C) groups is 1. The monoisotopic (exact) mass is 371 g/mol. The van der Waals surface area contributed by atoms with Crippen molar-refractivity contribution in [2.75, 3.05) is 6.54 Å². The molecule has 0 aromatic heterocycles. The number of nitrogens with one attached hydrogen (secondary N) is 1. The predicted molar refractivity (Wildman–Crippen MR) is 92.8 cm³/mol. The van der Waals surface area contributed by atoms with E-state index in [0.717, 1.165) is 11.1 Å². The smallest absolute Gasteiger partial charge is 0.189 e. The fraction of sp³-hybridized carbons (Fsp3) is 0.400. The number of hydrogen-bond donors (Lipinski definition) is 2. The van der Waals surface area contributed by atoms with Gasteiger partial charge in [-0.05, 0) is 24.0 Å². The Morgan fingerprint density at radius 2 is 1.89 bits per heavy atom. The molecule has 1 aliphatic rings. The minimum atomic E-state index is 0. The zero-order valence-corrected chi connectivity index (χ0v) is 13.5. The predicted octanol–water partition coefficient (Wildman–Crippen LogP) is 3.16. The van der Waals surface area contributed by atoms with Gasteiger partial charge in [-0.25, -0.2) is 4.99 Å². The van der Waals surface area contributed by atoms with E-state index in [-0.39, 0.29) is 24.0 Å². The van der Waals surface area contributed by atoms with Crippen molar-refractivity contribution in [1.29, 1.82) is 0 Å². The van der Waals surface area contributed by atoms with Crippen LogP contribution in [0.3, 0.4) is 0 Å². The van der Waals surface area contributed by atoms with Crippen molar-refractivity contribution in [2.24, 2.45) is 10.7 Å². The fourth-order valence-corrected chi connectivity index (χ4v) is 2.27. The quantitative estimate of drug-likeness (QED) is 0.485. The minimum Gasteiger partial charge on any atom is -0.370 e. The number of benzene rings is 1. The standard InChI is InChI=1S/C15H21N3.HI/c1-12(13-7-3-2-4-8-13)11-17-15(16)18-14-9-5-6-10-14;/h2-4,7-8,14H,1,5-6,9-11H2,(H3,16,17,18);1H. The van der Waals surface area contributed by atoms with Crippen LogP contribution in [-0.4, -0.2) is 18.5 Å². The van der Waals surface area contributed by atoms with Crippen molar-refractivity contribution < 1.29 is 0 Å². The third-order valence-electron chi connectivity index (χ3n) is 3.33. The average Bonchev–Trinajstić information content (AvgIpc) is 2.90. The van der Waals surface area contributed by atoms with E-state index in [2.05, 4.69) is 16.9 Å². The van der Waals surface area contributed by atoms with Crippen molar-refractivity contribution in [3.8, 4) is 0 Å². The second kappa shape index (κ2) is 8.19. The number of halogens is 1. The Hall–Kier alpha value is -1.04. The topological polar surface area (TPSA) is 50.4 Å². The first-order chi connectivity index (χ1) is 8.75. The summed E-state index contributed by atoms with van der Waals surface area (Å²) in [5.74, 6) is 0.541. The van der Waals surface area contributed by atoms with Crippen molar-refractivity contribution >= 4 is 35.5 Å². The van der Waals surface area contributed by atoms with Crippen LogP contribution in [0.4, 0.5) is 0 Å². The Kier molecular flexibility index (Phi) is 6.91. The van der Waals surface area contributed by atoms with Gasteiger partial charge in [0.2, 0.25) is 0 Å². The molecule has 3 nitrogen and oxygen atoms in total. The summed E-state index contributed by atoms with van der Waals surface area (Å²) in [4.78, 5) is 4.35. The fourth-order valence-electron chi connectivity index (χ4n) is 2.27. The first kappa shape index (κ1) is 16.0. The van der Waals surface area contributed by atoms with Gasteiger partial charge < -0.3 is 11.1 Å². The van der Waals surface area contributed by atoms with Gasteiger partial charge in [-0.15, -0.1) is 24.0 Å². The second-order valence-corrected chi connectivity index (χ2v) is 4.80. The van der Waals surface area contributed by atoms with E-state index >= 15 is 0 Å². The number of hydrogen-bond acceptors (Lipinski definition) is 1. The molecule has 0 heterocycles. The maximum absolute atomic E-state index is 5.88. The molecule has 1 saturated carbocycles. The van der Waals surface area contributed by atoms with E-state index in [1.165, 1.54) is 25.7 Å². The molecule has 19 heavy (non-hydrogen) atoms. The van der Waals surface area contributed by atoms with Gasteiger partial charge in [0.05, 0.1) is 6.54 Å². The van der Waals surface area contributed by atoms with Crippen LogP contribution in [0.5, 0.6) is 0 Å². The molecule has 2 rings (SSSR count). The van der Waals surface area contributed by atoms with E-state index in [1.54, 1.807) is 0 Å². The molecule has 0 saturated heterocycles. The molecule has 104 valence electrons. The van der Waals surface area contributed by atoms with E-state index < -0.39 is 0 Å². The van der Waals surface area contributed by atoms with Gasteiger partial charge in [0, 0.05) is 6.04 Å². The van der Waals surface area contributed by atoms with Gasteiger partial charge in [-0.2, -0.15) is 0 Å². The number of rotatable bonds is 4. The molecule has 0 aliphatic heterocycles. The molecule has 0 amide bonds. The second-order valence-electron chi connectivity index (χ2n) is 4.80. The van der Waals surface area contributed by atoms with Crippen molar-refractivity contribution in [3.05, 3.63) is 42.5 Å². The van der Waals surface area contributed by atoms with E-state index in [0.29, 0.717) is 18.5 Å². The van der Waals surface area contributed by atoms with Gasteiger partial charge in [0.15, 0.2) is 5.96 Å². The highest BCUT2D eigenvalue weighted by Gasteiger charge is 2.14. The normalized spacial score (nSPS) is 15.9. The minimum absolute atomic E-state index is 0. The van der Waals surface area contributed by atoms with Gasteiger partial charge >= 0.3 is 0 Å². The summed E-state index contributed by atoms with van der Waals surface area (Å²) in [5.41, 5.74) is 7.99. The van der Waals surface area contributed by atoms with Crippen molar-refractivity contribution in [2.45, 2.75) is 31.7 Å². The molecule has 1 aromatic rings. The molecule has 0 bridgehead atoms. The Morgan fingerprint density at radius 1 is 1.26 bits per heavy atom. The van der Waals surface area contributed by atoms with Crippen molar-refractivity contribution in [1.82, 2.24) is 5.32 Å². The third-order valence-corrected chi connectivity index (χ3v) is 3.33. The highest BCUT2D eigenvalue weighted by molar-refractivity contribution is 14.0. The molecule has 1 aromatic carbocycles. The summed E-state index contributed by atoms with van der Waals surface area (Å²) in [7, 11) is 0. The molecule has 1 fully saturated rings. The van der Waals surface area contributed by atoms with Crippen LogP contribution in [0.1, 0.15) is 31.2 Å². The van der Waals surface area contributed by atoms with Crippen LogP contribution in [0.2, 0.25) is 0 Å². The Bertz CT molecular complexity index is 422. The largest absolute Gasteiger partial charge is 0.370 e. The Labute approximate surface area is 132 Å². The van der Waals surface area contributed by atoms with E-state index in [4.69, 9.17) is 5.73 Å². The van der Waals surface area contributed by atoms with Gasteiger partial charge in [0.25, 0.3) is 0 Å². The Balaban J connectivity index is 0.00000180. The number of guanidine groups is 1. The third kappa shape index (κ3) is 5.22. The molecular formula is C15H22IN3. The van der Waals surface area contributed by atoms with Gasteiger partial charge in [-0.3, -0.25) is 0 Å². The average molecular weight is 371 g/mol. The zero-order valence-electron chi connectivity index (χ0n) is 11.1. The summed E-state index contributed by atoms with van der Waals surface area (Å²) in [6.07, 6.45) is 5.00. The molecular weight excluding hydrogens is 349 g/mol. The van der Waals surface area contributed by atoms with Crippen LogP contribution in [0.15, 0.2) is 41.9 Å². The van der Waals surface area contributed by atoms with Crippen LogP contribution in [-0.2, 0) is 0 Å². The van der Waals surface area contributed by atoms with Crippen LogP contribution >= 0.6 is 24.0 Å². The van der Waals surface area contributed by atoms with E-state index in [9.17, 15) is 0 Å². The number of nitrogens with zero attached hydrogens (tertiary/aromatic N) is 1. The SMILES string of the molecule is C=C(CN=C(N)NC1CCCC1)c1ccccc1.I. The molecule has 0 unspecified atom stereocenters. The first-order valence-electron chi connectivity index (χ1n) is 6.55. The highest BCUT2D eigenvalue weighted by atomic mass is 127. The van der Waals surface area contributed by atoms with E-state index in [1.807, 2.05) is 30.3 Å². The molecule has 0 spiro atoms. The summed E-state index contributed by atoms with van der Waals surface area (Å²) < 4.78 is 0. The molecule has 0 atom stereocenters. The van der Waals surface area contributed by atoms with Crippen LogP contribution in [0, 0.1) is 0 Å². The zero-order chi connectivity index (χ0) is 12.8. The number of nitrogens with two attached hydrogens (primary N) is 1. The van der Waals surface area contributed by atoms with Gasteiger partial charge in [-0.1, -0.05) is 49.8 Å². The lowest BCUT2D eigenvalue weighted by Crippen LogP contribution is -2.38. The lowest BCUT2D eigenvalue weighted by Gasteiger charge is -2.12. The maximum atomic E-state index is 5.88. The summed E-state index contributed by atoms with van der Waals surface area (Å²) in [6.45, 7) is 4.59. The van der Waals surface area contributed by atoms with Crippen LogP contribution in [0.25, 0.3) is 5.57 Å². The lowest BCUT2D eigenvalue weighted by atomic mass is 10.1.